The molecule has 2 atom stereocenters. The highest BCUT2D eigenvalue weighted by atomic mass is 35.5. The maximum Gasteiger partial charge on any atom is 0.0576 e. The molecular weight excluding hydrogens is 270 g/mol. The van der Waals surface area contributed by atoms with Crippen molar-refractivity contribution in [2.75, 3.05) is 13.2 Å². The SMILES string of the molecule is CCNC(CCCC1CCCO1)Cc1cccc(Cl)c1. The molecule has 1 aromatic carbocycles. The fourth-order valence-electron chi connectivity index (χ4n) is 2.98. The van der Waals surface area contributed by atoms with Crippen LogP contribution in [0.5, 0.6) is 0 Å². The van der Waals surface area contributed by atoms with Gasteiger partial charge in [-0.3, -0.25) is 0 Å². The van der Waals surface area contributed by atoms with E-state index in [9.17, 15) is 0 Å². The first kappa shape index (κ1) is 15.8. The zero-order chi connectivity index (χ0) is 14.2. The summed E-state index contributed by atoms with van der Waals surface area (Å²) in [5.41, 5.74) is 1.32. The van der Waals surface area contributed by atoms with Crippen molar-refractivity contribution in [3.05, 3.63) is 34.9 Å². The summed E-state index contributed by atoms with van der Waals surface area (Å²) in [5.74, 6) is 0. The first-order chi connectivity index (χ1) is 9.78. The van der Waals surface area contributed by atoms with Crippen molar-refractivity contribution in [2.45, 2.75) is 57.6 Å². The minimum Gasteiger partial charge on any atom is -0.378 e. The summed E-state index contributed by atoms with van der Waals surface area (Å²) >= 11 is 6.06. The molecule has 1 fully saturated rings. The predicted octanol–water partition coefficient (Wildman–Crippen LogP) is 4.21. The summed E-state index contributed by atoms with van der Waals surface area (Å²) < 4.78 is 5.69. The van der Waals surface area contributed by atoms with Crippen LogP contribution in [0, 0.1) is 0 Å². The number of rotatable bonds is 8. The Labute approximate surface area is 127 Å². The average molecular weight is 296 g/mol. The van der Waals surface area contributed by atoms with Gasteiger partial charge >= 0.3 is 0 Å². The molecule has 1 N–H and O–H groups in total. The van der Waals surface area contributed by atoms with Gasteiger partial charge in [0.1, 0.15) is 0 Å². The van der Waals surface area contributed by atoms with E-state index in [4.69, 9.17) is 16.3 Å². The minimum absolute atomic E-state index is 0.517. The number of ether oxygens (including phenoxy) is 1. The zero-order valence-corrected chi connectivity index (χ0v) is 13.2. The van der Waals surface area contributed by atoms with Gasteiger partial charge in [-0.1, -0.05) is 30.7 Å². The van der Waals surface area contributed by atoms with E-state index in [-0.39, 0.29) is 0 Å². The molecule has 0 radical (unpaired) electrons. The summed E-state index contributed by atoms with van der Waals surface area (Å²) in [4.78, 5) is 0. The Morgan fingerprint density at radius 3 is 3.05 bits per heavy atom. The Bertz CT molecular complexity index is 390. The molecule has 2 rings (SSSR count). The largest absolute Gasteiger partial charge is 0.378 e. The molecule has 0 aromatic heterocycles. The summed E-state index contributed by atoms with van der Waals surface area (Å²) in [6.07, 6.45) is 7.72. The van der Waals surface area contributed by atoms with Crippen molar-refractivity contribution in [3.63, 3.8) is 0 Å². The fraction of sp³-hybridized carbons (Fsp3) is 0.647. The van der Waals surface area contributed by atoms with Crippen LogP contribution in [-0.2, 0) is 11.2 Å². The van der Waals surface area contributed by atoms with Gasteiger partial charge in [0.25, 0.3) is 0 Å². The summed E-state index contributed by atoms with van der Waals surface area (Å²) in [5, 5.41) is 4.42. The van der Waals surface area contributed by atoms with Crippen LogP contribution in [0.15, 0.2) is 24.3 Å². The third-order valence-corrected chi connectivity index (χ3v) is 4.20. The molecule has 112 valence electrons. The van der Waals surface area contributed by atoms with Crippen molar-refractivity contribution >= 4 is 11.6 Å². The quantitative estimate of drug-likeness (QED) is 0.776. The number of hydrogen-bond acceptors (Lipinski definition) is 2. The minimum atomic E-state index is 0.517. The Balaban J connectivity index is 1.77. The zero-order valence-electron chi connectivity index (χ0n) is 12.4. The Kier molecular flexibility index (Phi) is 6.85. The smallest absolute Gasteiger partial charge is 0.0576 e. The number of halogens is 1. The van der Waals surface area contributed by atoms with Crippen LogP contribution in [0.2, 0.25) is 5.02 Å². The van der Waals surface area contributed by atoms with Gasteiger partial charge in [-0.05, 0) is 62.8 Å². The third kappa shape index (κ3) is 5.43. The van der Waals surface area contributed by atoms with E-state index in [1.54, 1.807) is 0 Å². The lowest BCUT2D eigenvalue weighted by Gasteiger charge is -2.19. The first-order valence-electron chi connectivity index (χ1n) is 7.87. The van der Waals surface area contributed by atoms with Crippen LogP contribution in [0.25, 0.3) is 0 Å². The van der Waals surface area contributed by atoms with Crippen LogP contribution in [0.4, 0.5) is 0 Å². The van der Waals surface area contributed by atoms with Crippen molar-refractivity contribution in [1.82, 2.24) is 5.32 Å². The second-order valence-corrected chi connectivity index (χ2v) is 6.09. The normalized spacial score (nSPS) is 20.2. The summed E-state index contributed by atoms with van der Waals surface area (Å²) in [6.45, 7) is 4.15. The van der Waals surface area contributed by atoms with Crippen LogP contribution >= 0.6 is 11.6 Å². The van der Waals surface area contributed by atoms with Gasteiger partial charge in [-0.25, -0.2) is 0 Å². The van der Waals surface area contributed by atoms with Crippen LogP contribution in [-0.4, -0.2) is 25.3 Å². The monoisotopic (exact) mass is 295 g/mol. The Morgan fingerprint density at radius 2 is 2.35 bits per heavy atom. The summed E-state index contributed by atoms with van der Waals surface area (Å²) in [6, 6.07) is 8.75. The van der Waals surface area contributed by atoms with E-state index in [0.29, 0.717) is 12.1 Å². The number of likely N-dealkylation sites (N-methyl/N-ethyl adjacent to an activating group) is 1. The average Bonchev–Trinajstić information content (AvgIpc) is 2.92. The van der Waals surface area contributed by atoms with Crippen LogP contribution < -0.4 is 5.32 Å². The van der Waals surface area contributed by atoms with Gasteiger partial charge in [0.05, 0.1) is 6.10 Å². The highest BCUT2D eigenvalue weighted by Crippen LogP contribution is 2.19. The van der Waals surface area contributed by atoms with E-state index in [1.165, 1.54) is 37.7 Å². The lowest BCUT2D eigenvalue weighted by atomic mass is 9.99. The van der Waals surface area contributed by atoms with E-state index in [1.807, 2.05) is 12.1 Å². The van der Waals surface area contributed by atoms with Crippen molar-refractivity contribution in [1.29, 1.82) is 0 Å². The van der Waals surface area contributed by atoms with Crippen LogP contribution in [0.3, 0.4) is 0 Å². The molecule has 0 amide bonds. The van der Waals surface area contributed by atoms with E-state index in [2.05, 4.69) is 24.4 Å². The molecular formula is C17H26ClNO. The molecule has 0 bridgehead atoms. The lowest BCUT2D eigenvalue weighted by molar-refractivity contribution is 0.101. The molecule has 0 spiro atoms. The Hall–Kier alpha value is -0.570. The maximum atomic E-state index is 6.06. The second kappa shape index (κ2) is 8.66. The molecule has 1 aliphatic rings. The molecule has 1 saturated heterocycles. The molecule has 1 aliphatic heterocycles. The van der Waals surface area contributed by atoms with Crippen molar-refractivity contribution < 1.29 is 4.74 Å². The molecule has 1 aromatic rings. The molecule has 0 saturated carbocycles. The first-order valence-corrected chi connectivity index (χ1v) is 8.25. The second-order valence-electron chi connectivity index (χ2n) is 5.65. The van der Waals surface area contributed by atoms with Crippen molar-refractivity contribution in [2.24, 2.45) is 0 Å². The van der Waals surface area contributed by atoms with Crippen molar-refractivity contribution in [3.8, 4) is 0 Å². The lowest BCUT2D eigenvalue weighted by Crippen LogP contribution is -2.31. The van der Waals surface area contributed by atoms with Gasteiger partial charge in [-0.2, -0.15) is 0 Å². The molecule has 1 heterocycles. The highest BCUT2D eigenvalue weighted by molar-refractivity contribution is 6.30. The van der Waals surface area contributed by atoms with Gasteiger partial charge in [0.2, 0.25) is 0 Å². The van der Waals surface area contributed by atoms with E-state index in [0.717, 1.165) is 24.6 Å². The molecule has 2 unspecified atom stereocenters. The third-order valence-electron chi connectivity index (χ3n) is 3.97. The molecule has 2 nitrogen and oxygen atoms in total. The maximum absolute atomic E-state index is 6.06. The number of benzene rings is 1. The topological polar surface area (TPSA) is 21.3 Å². The highest BCUT2D eigenvalue weighted by Gasteiger charge is 2.16. The van der Waals surface area contributed by atoms with E-state index >= 15 is 0 Å². The summed E-state index contributed by atoms with van der Waals surface area (Å²) in [7, 11) is 0. The molecule has 3 heteroatoms. The molecule has 0 aliphatic carbocycles. The Morgan fingerprint density at radius 1 is 1.45 bits per heavy atom. The van der Waals surface area contributed by atoms with E-state index < -0.39 is 0 Å². The molecule has 20 heavy (non-hydrogen) atoms. The number of nitrogens with one attached hydrogen (secondary N) is 1. The fourth-order valence-corrected chi connectivity index (χ4v) is 3.19. The standard InChI is InChI=1S/C17H26ClNO/c1-2-19-16(8-4-9-17-10-5-11-20-17)13-14-6-3-7-15(18)12-14/h3,6-7,12,16-17,19H,2,4-5,8-11,13H2,1H3. The number of hydrogen-bond donors (Lipinski definition) is 1. The van der Waals surface area contributed by atoms with Crippen LogP contribution in [0.1, 0.15) is 44.6 Å². The van der Waals surface area contributed by atoms with Gasteiger partial charge in [0, 0.05) is 17.7 Å². The predicted molar refractivity (Wildman–Crippen MR) is 85.4 cm³/mol. The van der Waals surface area contributed by atoms with Gasteiger partial charge in [0.15, 0.2) is 0 Å². The van der Waals surface area contributed by atoms with Gasteiger partial charge < -0.3 is 10.1 Å². The van der Waals surface area contributed by atoms with Gasteiger partial charge in [-0.15, -0.1) is 0 Å².